The number of aromatic nitrogens is 2. The Hall–Kier alpha value is -1.70. The summed E-state index contributed by atoms with van der Waals surface area (Å²) in [5.41, 5.74) is 5.27. The lowest BCUT2D eigenvalue weighted by Gasteiger charge is -1.99. The number of carbonyl (C=O) groups excluding carboxylic acids is 2. The smallest absolute Gasteiger partial charge is 0.397 e. The Bertz CT molecular complexity index is 351. The summed E-state index contributed by atoms with van der Waals surface area (Å²) in [7, 11) is 0. The maximum absolute atomic E-state index is 11.0. The average Bonchev–Trinajstić information content (AvgIpc) is 2.51. The Morgan fingerprint density at radius 3 is 2.79 bits per heavy atom. The zero-order valence-corrected chi connectivity index (χ0v) is 8.13. The molecule has 1 heterocycles. The van der Waals surface area contributed by atoms with Crippen LogP contribution in [-0.4, -0.2) is 28.7 Å². The van der Waals surface area contributed by atoms with Gasteiger partial charge in [-0.1, -0.05) is 11.3 Å². The average molecular weight is 216 g/mol. The van der Waals surface area contributed by atoms with Crippen LogP contribution < -0.4 is 11.1 Å². The van der Waals surface area contributed by atoms with Crippen molar-refractivity contribution >= 4 is 33.5 Å². The van der Waals surface area contributed by atoms with E-state index in [0.717, 1.165) is 11.3 Å². The number of hydrogen-bond donors (Lipinski definition) is 2. The number of carbonyl (C=O) groups is 2. The molecule has 3 N–H and O–H groups in total. The zero-order valence-electron chi connectivity index (χ0n) is 7.31. The molecule has 76 valence electrons. The summed E-state index contributed by atoms with van der Waals surface area (Å²) >= 11 is 0.967. The second-order valence-electron chi connectivity index (χ2n) is 2.12. The van der Waals surface area contributed by atoms with Gasteiger partial charge in [0.05, 0.1) is 6.61 Å². The molecule has 0 aliphatic carbocycles. The van der Waals surface area contributed by atoms with E-state index in [1.807, 2.05) is 0 Å². The van der Waals surface area contributed by atoms with E-state index < -0.39 is 11.9 Å². The number of amides is 1. The molecule has 0 aliphatic rings. The quantitative estimate of drug-likeness (QED) is 0.515. The first-order valence-corrected chi connectivity index (χ1v) is 4.52. The van der Waals surface area contributed by atoms with Crippen LogP contribution in [0.1, 0.15) is 6.92 Å². The molecule has 0 bridgehead atoms. The summed E-state index contributed by atoms with van der Waals surface area (Å²) in [5.74, 6) is -1.84. The van der Waals surface area contributed by atoms with Gasteiger partial charge in [-0.3, -0.25) is 10.1 Å². The van der Waals surface area contributed by atoms with Gasteiger partial charge in [0.25, 0.3) is 0 Å². The number of hydrogen-bond acceptors (Lipinski definition) is 7. The Labute approximate surface area is 83.3 Å². The van der Waals surface area contributed by atoms with E-state index in [4.69, 9.17) is 5.73 Å². The van der Waals surface area contributed by atoms with Gasteiger partial charge in [0.2, 0.25) is 10.3 Å². The van der Waals surface area contributed by atoms with Crippen molar-refractivity contribution in [3.63, 3.8) is 0 Å². The van der Waals surface area contributed by atoms with E-state index in [9.17, 15) is 9.59 Å². The number of nitrogens with two attached hydrogens (primary N) is 1. The van der Waals surface area contributed by atoms with Crippen LogP contribution in [0, 0.1) is 0 Å². The predicted molar refractivity (Wildman–Crippen MR) is 49.6 cm³/mol. The predicted octanol–water partition coefficient (Wildman–Crippen LogP) is -0.378. The van der Waals surface area contributed by atoms with Crippen molar-refractivity contribution in [1.82, 2.24) is 10.2 Å². The fourth-order valence-electron chi connectivity index (χ4n) is 0.630. The zero-order chi connectivity index (χ0) is 10.6. The molecule has 1 rings (SSSR count). The van der Waals surface area contributed by atoms with Crippen molar-refractivity contribution in [1.29, 1.82) is 0 Å². The number of nitrogens with zero attached hydrogens (tertiary/aromatic N) is 2. The van der Waals surface area contributed by atoms with E-state index >= 15 is 0 Å². The van der Waals surface area contributed by atoms with Crippen LogP contribution in [0.2, 0.25) is 0 Å². The molecule has 0 radical (unpaired) electrons. The highest BCUT2D eigenvalue weighted by atomic mass is 32.1. The first kappa shape index (κ1) is 10.4. The van der Waals surface area contributed by atoms with Crippen LogP contribution in [0.25, 0.3) is 0 Å². The molecule has 1 aromatic rings. The molecule has 0 fully saturated rings. The van der Waals surface area contributed by atoms with Crippen molar-refractivity contribution in [3.8, 4) is 0 Å². The first-order chi connectivity index (χ1) is 6.63. The summed E-state index contributed by atoms with van der Waals surface area (Å²) in [6.07, 6.45) is 0. The lowest BCUT2D eigenvalue weighted by atomic mass is 10.6. The standard InChI is InChI=1S/C6H8N4O3S/c1-2-13-4(12)3(11)8-6-10-9-5(7)14-6/h2H2,1H3,(H2,7,9)(H,8,10,11). The minimum absolute atomic E-state index is 0.143. The number of anilines is 2. The third-order valence-corrected chi connectivity index (χ3v) is 1.79. The molecular weight excluding hydrogens is 208 g/mol. The monoisotopic (exact) mass is 216 g/mol. The van der Waals surface area contributed by atoms with E-state index in [0.29, 0.717) is 0 Å². The number of rotatable bonds is 2. The molecule has 0 unspecified atom stereocenters. The van der Waals surface area contributed by atoms with Gasteiger partial charge >= 0.3 is 11.9 Å². The topological polar surface area (TPSA) is 107 Å². The second kappa shape index (κ2) is 4.51. The molecule has 0 aliphatic heterocycles. The summed E-state index contributed by atoms with van der Waals surface area (Å²) in [5, 5.41) is 9.53. The van der Waals surface area contributed by atoms with E-state index in [1.54, 1.807) is 6.92 Å². The molecule has 0 aromatic carbocycles. The van der Waals surface area contributed by atoms with Crippen LogP contribution in [0.15, 0.2) is 0 Å². The molecule has 8 heteroatoms. The third kappa shape index (κ3) is 2.66. The number of nitrogen functional groups attached to an aromatic ring is 1. The van der Waals surface area contributed by atoms with Gasteiger partial charge in [0.1, 0.15) is 0 Å². The Balaban J connectivity index is 2.53. The van der Waals surface area contributed by atoms with E-state index in [-0.39, 0.29) is 16.9 Å². The van der Waals surface area contributed by atoms with Gasteiger partial charge in [0.15, 0.2) is 0 Å². The Morgan fingerprint density at radius 2 is 2.29 bits per heavy atom. The van der Waals surface area contributed by atoms with Crippen molar-refractivity contribution < 1.29 is 14.3 Å². The van der Waals surface area contributed by atoms with Crippen LogP contribution >= 0.6 is 11.3 Å². The molecule has 0 atom stereocenters. The number of ether oxygens (including phenoxy) is 1. The van der Waals surface area contributed by atoms with Crippen LogP contribution in [-0.2, 0) is 14.3 Å². The van der Waals surface area contributed by atoms with Gasteiger partial charge in [-0.25, -0.2) is 4.79 Å². The summed E-state index contributed by atoms with van der Waals surface area (Å²) in [6, 6.07) is 0. The molecule has 7 nitrogen and oxygen atoms in total. The SMILES string of the molecule is CCOC(=O)C(=O)Nc1nnc(N)s1. The fraction of sp³-hybridized carbons (Fsp3) is 0.333. The van der Waals surface area contributed by atoms with Crippen molar-refractivity contribution in [3.05, 3.63) is 0 Å². The van der Waals surface area contributed by atoms with Crippen molar-refractivity contribution in [2.24, 2.45) is 0 Å². The van der Waals surface area contributed by atoms with Crippen LogP contribution in [0.5, 0.6) is 0 Å². The number of esters is 1. The van der Waals surface area contributed by atoms with Gasteiger partial charge in [-0.05, 0) is 6.92 Å². The maximum Gasteiger partial charge on any atom is 0.397 e. The Morgan fingerprint density at radius 1 is 1.57 bits per heavy atom. The second-order valence-corrected chi connectivity index (χ2v) is 3.13. The van der Waals surface area contributed by atoms with Gasteiger partial charge < -0.3 is 10.5 Å². The molecule has 14 heavy (non-hydrogen) atoms. The Kier molecular flexibility index (Phi) is 3.35. The summed E-state index contributed by atoms with van der Waals surface area (Å²) in [4.78, 5) is 21.9. The van der Waals surface area contributed by atoms with Crippen LogP contribution in [0.4, 0.5) is 10.3 Å². The number of nitrogens with one attached hydrogen (secondary N) is 1. The minimum Gasteiger partial charge on any atom is -0.459 e. The highest BCUT2D eigenvalue weighted by Crippen LogP contribution is 2.15. The maximum atomic E-state index is 11.0. The molecule has 1 aromatic heterocycles. The third-order valence-electron chi connectivity index (χ3n) is 1.12. The van der Waals surface area contributed by atoms with Crippen molar-refractivity contribution in [2.45, 2.75) is 6.92 Å². The summed E-state index contributed by atoms with van der Waals surface area (Å²) in [6.45, 7) is 1.75. The largest absolute Gasteiger partial charge is 0.459 e. The van der Waals surface area contributed by atoms with Crippen molar-refractivity contribution in [2.75, 3.05) is 17.7 Å². The van der Waals surface area contributed by atoms with Gasteiger partial charge in [0, 0.05) is 0 Å². The fourth-order valence-corrected chi connectivity index (χ4v) is 1.14. The molecular formula is C6H8N4O3S. The molecule has 1 amide bonds. The molecule has 0 saturated heterocycles. The lowest BCUT2D eigenvalue weighted by Crippen LogP contribution is -2.24. The normalized spacial score (nSPS) is 9.50. The first-order valence-electron chi connectivity index (χ1n) is 3.70. The lowest BCUT2D eigenvalue weighted by molar-refractivity contribution is -0.152. The van der Waals surface area contributed by atoms with Gasteiger partial charge in [-0.2, -0.15) is 0 Å². The van der Waals surface area contributed by atoms with E-state index in [2.05, 4.69) is 20.3 Å². The molecule has 0 spiro atoms. The molecule has 0 saturated carbocycles. The minimum atomic E-state index is -0.957. The summed E-state index contributed by atoms with van der Waals surface area (Å²) < 4.78 is 4.46. The highest BCUT2D eigenvalue weighted by molar-refractivity contribution is 7.19. The highest BCUT2D eigenvalue weighted by Gasteiger charge is 2.16. The van der Waals surface area contributed by atoms with E-state index in [1.165, 1.54) is 0 Å². The van der Waals surface area contributed by atoms with Gasteiger partial charge in [-0.15, -0.1) is 10.2 Å². The van der Waals surface area contributed by atoms with Crippen LogP contribution in [0.3, 0.4) is 0 Å².